The van der Waals surface area contributed by atoms with Gasteiger partial charge >= 0.3 is 0 Å². The summed E-state index contributed by atoms with van der Waals surface area (Å²) < 4.78 is 0. The summed E-state index contributed by atoms with van der Waals surface area (Å²) in [4.78, 5) is 20.7. The third-order valence-electron chi connectivity index (χ3n) is 1.24. The molecule has 2 N–H and O–H groups in total. The Hall–Kier alpha value is -1.71. The summed E-state index contributed by atoms with van der Waals surface area (Å²) in [5.74, 6) is 4.88. The monoisotopic (exact) mass is 150 g/mol. The number of hydrazine groups is 1. The molecule has 4 heteroatoms. The summed E-state index contributed by atoms with van der Waals surface area (Å²) in [5, 5.41) is 0. The fourth-order valence-electron chi connectivity index (χ4n) is 0.676. The molecule has 4 nitrogen and oxygen atoms in total. The van der Waals surface area contributed by atoms with Crippen LogP contribution in [0.25, 0.3) is 0 Å². The molecule has 0 heterocycles. The molecule has 0 aliphatic rings. The Morgan fingerprint density at radius 1 is 1.27 bits per heavy atom. The van der Waals surface area contributed by atoms with Crippen molar-refractivity contribution < 1.29 is 9.66 Å². The van der Waals surface area contributed by atoms with Crippen molar-refractivity contribution in [1.29, 1.82) is 0 Å². The van der Waals surface area contributed by atoms with E-state index in [-0.39, 0.29) is 4.87 Å². The molecule has 0 aliphatic heterocycles. The molecule has 0 amide bonds. The highest BCUT2D eigenvalue weighted by molar-refractivity contribution is 5.75. The lowest BCUT2D eigenvalue weighted by Crippen LogP contribution is -2.08. The zero-order valence-electron chi connectivity index (χ0n) is 5.65. The van der Waals surface area contributed by atoms with E-state index in [0.29, 0.717) is 11.3 Å². The highest BCUT2D eigenvalue weighted by Gasteiger charge is 2.06. The molecule has 0 aromatic heterocycles. The lowest BCUT2D eigenvalue weighted by atomic mass is 10.2. The average molecular weight is 150 g/mol. The molecule has 1 aromatic rings. The third-order valence-corrected chi connectivity index (χ3v) is 1.24. The molecule has 0 spiro atoms. The van der Waals surface area contributed by atoms with Gasteiger partial charge in [0.2, 0.25) is 6.29 Å². The van der Waals surface area contributed by atoms with Crippen molar-refractivity contribution in [3.05, 3.63) is 34.7 Å². The minimum atomic E-state index is 0.231. The maximum Gasteiger partial charge on any atom is 0.291 e. The minimum Gasteiger partial charge on any atom is -0.285 e. The van der Waals surface area contributed by atoms with Crippen molar-refractivity contribution in [3.8, 4) is 0 Å². The van der Waals surface area contributed by atoms with Gasteiger partial charge in [-0.15, -0.1) is 0 Å². The topological polar surface area (TPSA) is 63.2 Å². The summed E-state index contributed by atoms with van der Waals surface area (Å²) >= 11 is 0. The Bertz CT molecular complexity index is 279. The van der Waals surface area contributed by atoms with Gasteiger partial charge in [-0.2, -0.15) is 5.84 Å². The van der Waals surface area contributed by atoms with Gasteiger partial charge in [0.25, 0.3) is 5.69 Å². The van der Waals surface area contributed by atoms with Crippen LogP contribution < -0.4 is 5.84 Å². The first-order chi connectivity index (χ1) is 5.24. The van der Waals surface area contributed by atoms with E-state index in [1.54, 1.807) is 6.29 Å². The first-order valence-electron chi connectivity index (χ1n) is 2.94. The van der Waals surface area contributed by atoms with Crippen molar-refractivity contribution in [2.45, 2.75) is 0 Å². The Kier molecular flexibility index (Phi) is 1.96. The molecule has 0 unspecified atom stereocenters. The van der Waals surface area contributed by atoms with Crippen LogP contribution in [0.3, 0.4) is 0 Å². The van der Waals surface area contributed by atoms with Crippen LogP contribution in [-0.2, 0) is 4.79 Å². The predicted octanol–water partition coefficient (Wildman–Crippen LogP) is 0.429. The second kappa shape index (κ2) is 2.92. The smallest absolute Gasteiger partial charge is 0.285 e. The van der Waals surface area contributed by atoms with Crippen LogP contribution in [0.2, 0.25) is 0 Å². The maximum atomic E-state index is 10.4. The van der Waals surface area contributed by atoms with Gasteiger partial charge in [0.05, 0.1) is 4.91 Å². The molecule has 11 heavy (non-hydrogen) atoms. The first kappa shape index (κ1) is 7.40. The van der Waals surface area contributed by atoms with Crippen LogP contribution in [0.1, 0.15) is 5.56 Å². The van der Waals surface area contributed by atoms with Gasteiger partial charge in [0.1, 0.15) is 0 Å². The second-order valence-electron chi connectivity index (χ2n) is 1.97. The van der Waals surface area contributed by atoms with E-state index in [9.17, 15) is 9.70 Å². The summed E-state index contributed by atoms with van der Waals surface area (Å²) in [6.07, 6.45) is 1.68. The highest BCUT2D eigenvalue weighted by Crippen LogP contribution is 2.08. The summed E-state index contributed by atoms with van der Waals surface area (Å²) in [7, 11) is 0. The van der Waals surface area contributed by atoms with Crippen molar-refractivity contribution >= 4 is 12.0 Å². The van der Waals surface area contributed by atoms with E-state index >= 15 is 0 Å². The quantitative estimate of drug-likeness (QED) is 0.377. The first-order valence-corrected chi connectivity index (χ1v) is 2.94. The van der Waals surface area contributed by atoms with Gasteiger partial charge in [-0.3, -0.25) is 4.79 Å². The van der Waals surface area contributed by atoms with Gasteiger partial charge in [0, 0.05) is 17.7 Å². The van der Waals surface area contributed by atoms with E-state index in [1.165, 1.54) is 24.3 Å². The van der Waals surface area contributed by atoms with Crippen LogP contribution >= 0.6 is 0 Å². The molecule has 0 saturated carbocycles. The fraction of sp³-hybridized carbons (Fsp3) is 0. The molecule has 1 rings (SSSR count). The van der Waals surface area contributed by atoms with Gasteiger partial charge in [-0.05, 0) is 12.1 Å². The average Bonchev–Trinajstić information content (AvgIpc) is 2.05. The fourth-order valence-corrected chi connectivity index (χ4v) is 0.676. The number of hydrogen-bond donors (Lipinski definition) is 1. The van der Waals surface area contributed by atoms with E-state index in [2.05, 4.69) is 0 Å². The lowest BCUT2D eigenvalue weighted by molar-refractivity contribution is -0.474. The van der Waals surface area contributed by atoms with E-state index in [0.717, 1.165) is 0 Å². The number of nitrogens with two attached hydrogens (primary N) is 1. The molecule has 0 bridgehead atoms. The van der Waals surface area contributed by atoms with Gasteiger partial charge in [0.15, 0.2) is 4.87 Å². The van der Waals surface area contributed by atoms with Crippen molar-refractivity contribution in [3.63, 3.8) is 0 Å². The highest BCUT2D eigenvalue weighted by atomic mass is 16.3. The Morgan fingerprint density at radius 2 is 1.82 bits per heavy atom. The lowest BCUT2D eigenvalue weighted by Gasteiger charge is -1.85. The maximum absolute atomic E-state index is 10.4. The van der Waals surface area contributed by atoms with E-state index in [4.69, 9.17) is 5.84 Å². The van der Waals surface area contributed by atoms with Gasteiger partial charge in [-0.25, -0.2) is 0 Å². The van der Waals surface area contributed by atoms with Gasteiger partial charge < -0.3 is 0 Å². The molecule has 0 saturated heterocycles. The summed E-state index contributed by atoms with van der Waals surface area (Å²) in [6.45, 7) is 0. The molecule has 0 atom stereocenters. The number of carbonyl (C=O) groups excluding carboxylic acids is 1. The van der Waals surface area contributed by atoms with Crippen LogP contribution in [-0.4, -0.2) is 11.2 Å². The number of hydrogen-bond acceptors (Lipinski definition) is 2. The van der Waals surface area contributed by atoms with Crippen LogP contribution in [0.15, 0.2) is 24.3 Å². The predicted molar refractivity (Wildman–Crippen MR) is 38.7 cm³/mol. The molecule has 1 aromatic carbocycles. The summed E-state index contributed by atoms with van der Waals surface area (Å²) in [6, 6.07) is 5.85. The zero-order chi connectivity index (χ0) is 8.27. The Balaban J connectivity index is 3.00. The SMILES string of the molecule is N[N+](=O)c1ccc([C]=O)cc1. The molecule has 0 fully saturated rings. The molecular weight excluding hydrogens is 144 g/mol. The molecular formula is C7H6N2O2+. The molecule has 55 valence electrons. The normalized spacial score (nSPS) is 9.09. The van der Waals surface area contributed by atoms with Gasteiger partial charge in [-0.1, -0.05) is 0 Å². The van der Waals surface area contributed by atoms with Crippen molar-refractivity contribution in [1.82, 2.24) is 0 Å². The van der Waals surface area contributed by atoms with E-state index in [1.807, 2.05) is 0 Å². The van der Waals surface area contributed by atoms with Crippen LogP contribution in [0, 0.1) is 4.91 Å². The summed E-state index contributed by atoms with van der Waals surface area (Å²) in [5.41, 5.74) is 0.708. The third kappa shape index (κ3) is 1.61. The molecule has 0 aliphatic carbocycles. The number of nitroso groups, excluding NO2 is 1. The van der Waals surface area contributed by atoms with E-state index < -0.39 is 0 Å². The number of rotatable bonds is 2. The number of benzene rings is 1. The van der Waals surface area contributed by atoms with Crippen LogP contribution in [0.4, 0.5) is 5.69 Å². The Morgan fingerprint density at radius 3 is 2.18 bits per heavy atom. The number of nitrogens with zero attached hydrogens (tertiary/aromatic N) is 1. The molecule has 1 radical (unpaired) electrons. The minimum absolute atomic E-state index is 0.231. The van der Waals surface area contributed by atoms with Crippen molar-refractivity contribution in [2.75, 3.05) is 0 Å². The largest absolute Gasteiger partial charge is 0.291 e. The Labute approximate surface area is 63.2 Å². The second-order valence-corrected chi connectivity index (χ2v) is 1.97. The van der Waals surface area contributed by atoms with Crippen LogP contribution in [0.5, 0.6) is 0 Å². The standard InChI is InChI=1S/C7H6N2O2/c8-9(11)7-3-1-6(5-10)2-4-7/h1-4H,(H2,8,11)/q+1. The van der Waals surface area contributed by atoms with Crippen molar-refractivity contribution in [2.24, 2.45) is 5.84 Å². The zero-order valence-corrected chi connectivity index (χ0v) is 5.65.